The van der Waals surface area contributed by atoms with Crippen LogP contribution in [-0.4, -0.2) is 38.2 Å². The summed E-state index contributed by atoms with van der Waals surface area (Å²) >= 11 is 0. The third-order valence-electron chi connectivity index (χ3n) is 4.08. The second-order valence-corrected chi connectivity index (χ2v) is 5.45. The summed E-state index contributed by atoms with van der Waals surface area (Å²) in [7, 11) is 1.51. The maximum atomic E-state index is 14.2. The largest absolute Gasteiger partial charge is 0.494 e. The van der Waals surface area contributed by atoms with Crippen LogP contribution in [0.3, 0.4) is 0 Å². The predicted molar refractivity (Wildman–Crippen MR) is 79.5 cm³/mol. The van der Waals surface area contributed by atoms with Gasteiger partial charge in [-0.1, -0.05) is 19.1 Å². The Balaban J connectivity index is 1.98. The summed E-state index contributed by atoms with van der Waals surface area (Å²) in [6.07, 6.45) is 2.44. The number of hydrogen-bond donors (Lipinski definition) is 1. The zero-order valence-corrected chi connectivity index (χ0v) is 12.5. The number of nitrogens with one attached hydrogen (secondary N) is 1. The Morgan fingerprint density at radius 2 is 2.10 bits per heavy atom. The van der Waals surface area contributed by atoms with E-state index >= 15 is 0 Å². The average molecular weight is 280 g/mol. The van der Waals surface area contributed by atoms with Gasteiger partial charge in [0.25, 0.3) is 0 Å². The Bertz CT molecular complexity index is 419. The van der Waals surface area contributed by atoms with Gasteiger partial charge < -0.3 is 10.1 Å². The highest BCUT2D eigenvalue weighted by Gasteiger charge is 2.18. The van der Waals surface area contributed by atoms with Crippen LogP contribution in [0, 0.1) is 11.7 Å². The Hall–Kier alpha value is -1.13. The van der Waals surface area contributed by atoms with E-state index in [-0.39, 0.29) is 5.82 Å². The third kappa shape index (κ3) is 3.93. The molecule has 0 bridgehead atoms. The zero-order chi connectivity index (χ0) is 14.4. The molecule has 1 N–H and O–H groups in total. The topological polar surface area (TPSA) is 24.5 Å². The number of rotatable bonds is 6. The van der Waals surface area contributed by atoms with E-state index in [1.54, 1.807) is 6.07 Å². The summed E-state index contributed by atoms with van der Waals surface area (Å²) in [5, 5.41) is 3.38. The van der Waals surface area contributed by atoms with Crippen molar-refractivity contribution in [1.82, 2.24) is 10.2 Å². The van der Waals surface area contributed by atoms with E-state index in [2.05, 4.69) is 17.1 Å². The molecule has 0 amide bonds. The van der Waals surface area contributed by atoms with Crippen LogP contribution in [0.4, 0.5) is 4.39 Å². The molecule has 1 aromatic carbocycles. The van der Waals surface area contributed by atoms with Crippen LogP contribution in [0.2, 0.25) is 0 Å². The molecule has 1 heterocycles. The highest BCUT2D eigenvalue weighted by molar-refractivity contribution is 5.30. The first-order valence-corrected chi connectivity index (χ1v) is 7.49. The van der Waals surface area contributed by atoms with Gasteiger partial charge in [-0.25, -0.2) is 4.39 Å². The van der Waals surface area contributed by atoms with Crippen molar-refractivity contribution in [1.29, 1.82) is 0 Å². The Morgan fingerprint density at radius 1 is 1.35 bits per heavy atom. The summed E-state index contributed by atoms with van der Waals surface area (Å²) in [5.41, 5.74) is 0.722. The summed E-state index contributed by atoms with van der Waals surface area (Å²) in [6.45, 7) is 7.00. The minimum atomic E-state index is -0.223. The van der Waals surface area contributed by atoms with Crippen LogP contribution in [0.5, 0.6) is 5.75 Å². The molecule has 0 spiro atoms. The lowest BCUT2D eigenvalue weighted by Crippen LogP contribution is -2.36. The van der Waals surface area contributed by atoms with Crippen LogP contribution < -0.4 is 10.1 Å². The quantitative estimate of drug-likeness (QED) is 0.867. The molecule has 2 rings (SSSR count). The molecular weight excluding hydrogens is 255 g/mol. The summed E-state index contributed by atoms with van der Waals surface area (Å²) in [5.74, 6) is 0.837. The van der Waals surface area contributed by atoms with Gasteiger partial charge in [0, 0.05) is 18.7 Å². The van der Waals surface area contributed by atoms with E-state index in [0.29, 0.717) is 12.3 Å². The van der Waals surface area contributed by atoms with Gasteiger partial charge in [0.1, 0.15) is 0 Å². The van der Waals surface area contributed by atoms with Crippen LogP contribution in [-0.2, 0) is 6.54 Å². The van der Waals surface area contributed by atoms with E-state index < -0.39 is 0 Å². The average Bonchev–Trinajstić information content (AvgIpc) is 2.49. The molecular formula is C16H25FN2O. The van der Waals surface area contributed by atoms with Crippen molar-refractivity contribution in [2.75, 3.05) is 33.3 Å². The summed E-state index contributed by atoms with van der Waals surface area (Å²) in [6, 6.07) is 5.38. The van der Waals surface area contributed by atoms with Gasteiger partial charge >= 0.3 is 0 Å². The molecule has 1 aliphatic heterocycles. The molecule has 0 aliphatic carbocycles. The third-order valence-corrected chi connectivity index (χ3v) is 4.08. The number of ether oxygens (including phenoxy) is 1. The van der Waals surface area contributed by atoms with Crippen LogP contribution >= 0.6 is 0 Å². The molecule has 0 saturated carbocycles. The second-order valence-electron chi connectivity index (χ2n) is 5.45. The number of hydrogen-bond acceptors (Lipinski definition) is 3. The SMILES string of the molecule is CCN(Cc1cccc(OC)c1F)CC1CCNCC1. The molecule has 112 valence electrons. The fourth-order valence-electron chi connectivity index (χ4n) is 2.81. The lowest BCUT2D eigenvalue weighted by molar-refractivity contribution is 0.204. The maximum absolute atomic E-state index is 14.2. The molecule has 3 nitrogen and oxygen atoms in total. The van der Waals surface area contributed by atoms with Crippen LogP contribution in [0.25, 0.3) is 0 Å². The zero-order valence-electron chi connectivity index (χ0n) is 12.5. The Morgan fingerprint density at radius 3 is 2.75 bits per heavy atom. The first-order valence-electron chi connectivity index (χ1n) is 7.49. The highest BCUT2D eigenvalue weighted by atomic mass is 19.1. The van der Waals surface area contributed by atoms with Gasteiger partial charge in [0.15, 0.2) is 11.6 Å². The molecule has 1 saturated heterocycles. The Kier molecular flexibility index (Phi) is 5.80. The monoisotopic (exact) mass is 280 g/mol. The fourth-order valence-corrected chi connectivity index (χ4v) is 2.81. The van der Waals surface area contributed by atoms with E-state index in [4.69, 9.17) is 4.74 Å². The predicted octanol–water partition coefficient (Wildman–Crippen LogP) is 2.66. The molecule has 0 atom stereocenters. The van der Waals surface area contributed by atoms with Gasteiger partial charge in [-0.3, -0.25) is 4.90 Å². The molecule has 1 aliphatic rings. The Labute approximate surface area is 121 Å². The summed E-state index contributed by atoms with van der Waals surface area (Å²) < 4.78 is 19.2. The first-order chi connectivity index (χ1) is 9.74. The van der Waals surface area contributed by atoms with Gasteiger partial charge in [-0.05, 0) is 44.5 Å². The molecule has 1 fully saturated rings. The highest BCUT2D eigenvalue weighted by Crippen LogP contribution is 2.22. The van der Waals surface area contributed by atoms with Crippen molar-refractivity contribution in [3.63, 3.8) is 0 Å². The number of benzene rings is 1. The molecule has 0 aromatic heterocycles. The van der Waals surface area contributed by atoms with Gasteiger partial charge in [-0.15, -0.1) is 0 Å². The van der Waals surface area contributed by atoms with E-state index in [0.717, 1.165) is 37.7 Å². The van der Waals surface area contributed by atoms with Crippen molar-refractivity contribution < 1.29 is 9.13 Å². The smallest absolute Gasteiger partial charge is 0.169 e. The maximum Gasteiger partial charge on any atom is 0.169 e. The lowest BCUT2D eigenvalue weighted by atomic mass is 9.97. The molecule has 1 aromatic rings. The van der Waals surface area contributed by atoms with Gasteiger partial charge in [-0.2, -0.15) is 0 Å². The van der Waals surface area contributed by atoms with Crippen molar-refractivity contribution in [3.05, 3.63) is 29.6 Å². The van der Waals surface area contributed by atoms with Gasteiger partial charge in [0.05, 0.1) is 7.11 Å². The standard InChI is InChI=1S/C16H25FN2O/c1-3-19(11-13-7-9-18-10-8-13)12-14-5-4-6-15(20-2)16(14)17/h4-6,13,18H,3,7-12H2,1-2H3. The fraction of sp³-hybridized carbons (Fsp3) is 0.625. The van der Waals surface area contributed by atoms with Crippen LogP contribution in [0.15, 0.2) is 18.2 Å². The minimum absolute atomic E-state index is 0.223. The number of piperidine rings is 1. The van der Waals surface area contributed by atoms with Crippen molar-refractivity contribution >= 4 is 0 Å². The number of methoxy groups -OCH3 is 1. The number of halogens is 1. The van der Waals surface area contributed by atoms with Crippen molar-refractivity contribution in [3.8, 4) is 5.75 Å². The molecule has 0 radical (unpaired) electrons. The molecule has 0 unspecified atom stereocenters. The number of nitrogens with zero attached hydrogens (tertiary/aromatic N) is 1. The first kappa shape index (κ1) is 15.3. The van der Waals surface area contributed by atoms with Gasteiger partial charge in [0.2, 0.25) is 0 Å². The van der Waals surface area contributed by atoms with E-state index in [1.165, 1.54) is 20.0 Å². The molecule has 4 heteroatoms. The summed E-state index contributed by atoms with van der Waals surface area (Å²) in [4.78, 5) is 2.33. The van der Waals surface area contributed by atoms with Crippen LogP contribution in [0.1, 0.15) is 25.3 Å². The lowest BCUT2D eigenvalue weighted by Gasteiger charge is -2.29. The van der Waals surface area contributed by atoms with E-state index in [1.807, 2.05) is 12.1 Å². The molecule has 20 heavy (non-hydrogen) atoms. The van der Waals surface area contributed by atoms with Crippen molar-refractivity contribution in [2.45, 2.75) is 26.3 Å². The second kappa shape index (κ2) is 7.60. The minimum Gasteiger partial charge on any atom is -0.494 e. The van der Waals surface area contributed by atoms with E-state index in [9.17, 15) is 4.39 Å². The normalized spacial score (nSPS) is 16.6. The van der Waals surface area contributed by atoms with Crippen molar-refractivity contribution in [2.24, 2.45) is 5.92 Å².